The maximum atomic E-state index is 13.5. The Labute approximate surface area is 189 Å². The van der Waals surface area contributed by atoms with E-state index < -0.39 is 5.97 Å². The number of aromatic amines is 1. The van der Waals surface area contributed by atoms with Gasteiger partial charge in [-0.2, -0.15) is 0 Å². The van der Waals surface area contributed by atoms with Crippen LogP contribution >= 0.6 is 0 Å². The largest absolute Gasteiger partial charge is 0.497 e. The van der Waals surface area contributed by atoms with Gasteiger partial charge in [-0.1, -0.05) is 20.8 Å². The average molecular weight is 443 g/mol. The Morgan fingerprint density at radius 1 is 1.28 bits per heavy atom. The van der Waals surface area contributed by atoms with Gasteiger partial charge in [0.1, 0.15) is 11.4 Å². The first kappa shape index (κ1) is 22.6. The number of quaternary nitrogens is 1. The van der Waals surface area contributed by atoms with Gasteiger partial charge in [-0.3, -0.25) is 4.79 Å². The molecule has 7 heteroatoms. The zero-order chi connectivity index (χ0) is 23.3. The number of anilines is 1. The Morgan fingerprint density at radius 2 is 2.03 bits per heavy atom. The number of likely N-dealkylation sites (tertiary alicyclic amines) is 1. The van der Waals surface area contributed by atoms with Crippen molar-refractivity contribution in [3.05, 3.63) is 23.9 Å². The Balaban J connectivity index is 1.63. The number of nitrogens with one attached hydrogen (secondary N) is 3. The number of fused-ring (bicyclic) bond motifs is 3. The number of aromatic nitrogens is 1. The average Bonchev–Trinajstić information content (AvgIpc) is 3.20. The fourth-order valence-electron chi connectivity index (χ4n) is 6.36. The molecule has 3 N–H and O–H groups in total. The molecule has 2 heterocycles. The zero-order valence-corrected chi connectivity index (χ0v) is 20.1. The Bertz CT molecular complexity index is 1040. The molecule has 0 spiro atoms. The molecule has 1 unspecified atom stereocenters. The Kier molecular flexibility index (Phi) is 5.74. The van der Waals surface area contributed by atoms with Gasteiger partial charge >= 0.3 is 5.97 Å². The zero-order valence-electron chi connectivity index (χ0n) is 20.1. The van der Waals surface area contributed by atoms with Crippen LogP contribution in [0.25, 0.3) is 10.9 Å². The molecule has 1 saturated carbocycles. The second-order valence-corrected chi connectivity index (χ2v) is 10.7. The summed E-state index contributed by atoms with van der Waals surface area (Å²) in [5.74, 6) is 0.0945. The van der Waals surface area contributed by atoms with E-state index in [4.69, 9.17) is 9.47 Å². The van der Waals surface area contributed by atoms with Crippen LogP contribution in [0.1, 0.15) is 64.4 Å². The SMILES string of the molecule is CCOC(=O)c1[nH]c2ccc(OC)cc2c1NC(=O)[C@@H](C)[NH+]1C[C@@]2(C)C[C@@H]1CC(C)(C)C2. The van der Waals surface area contributed by atoms with Crippen LogP contribution in [0.2, 0.25) is 0 Å². The molecular weight excluding hydrogens is 406 g/mol. The summed E-state index contributed by atoms with van der Waals surface area (Å²) in [5.41, 5.74) is 2.05. The van der Waals surface area contributed by atoms with Crippen molar-refractivity contribution in [2.75, 3.05) is 25.6 Å². The number of benzene rings is 1. The summed E-state index contributed by atoms with van der Waals surface area (Å²) < 4.78 is 10.6. The smallest absolute Gasteiger partial charge is 0.356 e. The molecule has 32 heavy (non-hydrogen) atoms. The highest BCUT2D eigenvalue weighted by atomic mass is 16.5. The normalized spacial score (nSPS) is 27.2. The van der Waals surface area contributed by atoms with Crippen molar-refractivity contribution in [1.29, 1.82) is 0 Å². The molecule has 4 rings (SSSR count). The van der Waals surface area contributed by atoms with Gasteiger partial charge in [0.2, 0.25) is 0 Å². The van der Waals surface area contributed by atoms with Crippen LogP contribution in [0.3, 0.4) is 0 Å². The highest BCUT2D eigenvalue weighted by molar-refractivity contribution is 6.11. The van der Waals surface area contributed by atoms with Gasteiger partial charge in [0.25, 0.3) is 5.91 Å². The molecule has 1 aromatic carbocycles. The van der Waals surface area contributed by atoms with E-state index in [1.807, 2.05) is 25.1 Å². The lowest BCUT2D eigenvalue weighted by Gasteiger charge is -2.37. The molecule has 1 amide bonds. The molecule has 1 aliphatic carbocycles. The third kappa shape index (κ3) is 4.10. The van der Waals surface area contributed by atoms with Crippen molar-refractivity contribution < 1.29 is 24.0 Å². The lowest BCUT2D eigenvalue weighted by molar-refractivity contribution is -0.928. The predicted octanol–water partition coefficient (Wildman–Crippen LogP) is 3.16. The van der Waals surface area contributed by atoms with Crippen LogP contribution in [0.15, 0.2) is 18.2 Å². The van der Waals surface area contributed by atoms with Crippen molar-refractivity contribution >= 4 is 28.5 Å². The second-order valence-electron chi connectivity index (χ2n) is 10.7. The summed E-state index contributed by atoms with van der Waals surface area (Å²) in [6, 6.07) is 5.75. The molecule has 2 bridgehead atoms. The van der Waals surface area contributed by atoms with Crippen molar-refractivity contribution in [2.45, 2.75) is 66.0 Å². The fourth-order valence-corrected chi connectivity index (χ4v) is 6.36. The molecule has 4 atom stereocenters. The van der Waals surface area contributed by atoms with Gasteiger partial charge in [0, 0.05) is 29.2 Å². The third-order valence-electron chi connectivity index (χ3n) is 7.28. The van der Waals surface area contributed by atoms with E-state index in [9.17, 15) is 9.59 Å². The number of carbonyl (C=O) groups excluding carboxylic acids is 2. The van der Waals surface area contributed by atoms with Crippen LogP contribution in [0.4, 0.5) is 5.69 Å². The molecule has 2 aromatic rings. The van der Waals surface area contributed by atoms with Crippen molar-refractivity contribution in [3.63, 3.8) is 0 Å². The quantitative estimate of drug-likeness (QED) is 0.600. The lowest BCUT2D eigenvalue weighted by atomic mass is 9.65. The standard InChI is InChI=1S/C25H35N3O4/c1-7-32-23(30)21-20(18-10-17(31-6)8-9-19(18)26-21)27-22(29)15(2)28-14-25(5)12-16(28)11-24(3,4)13-25/h8-10,15-16,26H,7,11-14H2,1-6H3,(H,27,29)/p+1/t15-,16+,25+/m1/s1. The molecule has 2 fully saturated rings. The number of H-pyrrole nitrogens is 1. The highest BCUT2D eigenvalue weighted by Crippen LogP contribution is 2.47. The summed E-state index contributed by atoms with van der Waals surface area (Å²) in [5, 5.41) is 3.80. The molecule has 0 radical (unpaired) electrons. The highest BCUT2D eigenvalue weighted by Gasteiger charge is 2.54. The Hall–Kier alpha value is -2.54. The Morgan fingerprint density at radius 3 is 2.72 bits per heavy atom. The molecule has 174 valence electrons. The fraction of sp³-hybridized carbons (Fsp3) is 0.600. The number of hydrogen-bond donors (Lipinski definition) is 3. The van der Waals surface area contributed by atoms with Crippen LogP contribution < -0.4 is 15.0 Å². The minimum atomic E-state index is -0.482. The first-order valence-corrected chi connectivity index (χ1v) is 11.6. The van der Waals surface area contributed by atoms with Crippen molar-refractivity contribution in [2.24, 2.45) is 10.8 Å². The van der Waals surface area contributed by atoms with Crippen LogP contribution in [0.5, 0.6) is 5.75 Å². The summed E-state index contributed by atoms with van der Waals surface area (Å²) >= 11 is 0. The van der Waals surface area contributed by atoms with Gasteiger partial charge in [-0.15, -0.1) is 0 Å². The number of esters is 1. The molecule has 1 aliphatic heterocycles. The first-order valence-electron chi connectivity index (χ1n) is 11.6. The summed E-state index contributed by atoms with van der Waals surface area (Å²) in [6.07, 6.45) is 3.50. The minimum absolute atomic E-state index is 0.0803. The summed E-state index contributed by atoms with van der Waals surface area (Å²) in [6.45, 7) is 12.1. The van der Waals surface area contributed by atoms with Crippen LogP contribution in [0, 0.1) is 10.8 Å². The maximum absolute atomic E-state index is 13.5. The summed E-state index contributed by atoms with van der Waals surface area (Å²) in [4.78, 5) is 30.5. The second kappa shape index (κ2) is 8.10. The molecule has 1 aromatic heterocycles. The van der Waals surface area contributed by atoms with E-state index in [0.29, 0.717) is 22.9 Å². The number of methoxy groups -OCH3 is 1. The van der Waals surface area contributed by atoms with Crippen molar-refractivity contribution in [1.82, 2.24) is 4.98 Å². The maximum Gasteiger partial charge on any atom is 0.356 e. The first-order chi connectivity index (χ1) is 15.1. The molecule has 2 aliphatic rings. The van der Waals surface area contributed by atoms with E-state index in [-0.39, 0.29) is 29.7 Å². The predicted molar refractivity (Wildman–Crippen MR) is 124 cm³/mol. The van der Waals surface area contributed by atoms with Gasteiger partial charge in [0.15, 0.2) is 6.04 Å². The number of carbonyl (C=O) groups is 2. The number of amides is 1. The van der Waals surface area contributed by atoms with E-state index in [1.54, 1.807) is 14.0 Å². The summed E-state index contributed by atoms with van der Waals surface area (Å²) in [7, 11) is 1.59. The van der Waals surface area contributed by atoms with Gasteiger partial charge in [-0.05, 0) is 43.9 Å². The molecular formula is C25H36N3O4+. The van der Waals surface area contributed by atoms with E-state index >= 15 is 0 Å². The topological polar surface area (TPSA) is 84.9 Å². The van der Waals surface area contributed by atoms with E-state index in [2.05, 4.69) is 31.1 Å². The lowest BCUT2D eigenvalue weighted by Crippen LogP contribution is -3.18. The van der Waals surface area contributed by atoms with E-state index in [0.717, 1.165) is 23.9 Å². The number of rotatable bonds is 6. The number of hydrogen-bond acceptors (Lipinski definition) is 4. The molecule has 7 nitrogen and oxygen atoms in total. The number of ether oxygens (including phenoxy) is 2. The van der Waals surface area contributed by atoms with E-state index in [1.165, 1.54) is 17.7 Å². The van der Waals surface area contributed by atoms with Gasteiger partial charge in [0.05, 0.1) is 32.0 Å². The third-order valence-corrected chi connectivity index (χ3v) is 7.28. The van der Waals surface area contributed by atoms with Crippen LogP contribution in [-0.2, 0) is 9.53 Å². The van der Waals surface area contributed by atoms with Gasteiger partial charge in [-0.25, -0.2) is 4.79 Å². The molecule has 1 saturated heterocycles. The van der Waals surface area contributed by atoms with Crippen LogP contribution in [-0.4, -0.2) is 49.2 Å². The van der Waals surface area contributed by atoms with Crippen molar-refractivity contribution in [3.8, 4) is 5.75 Å². The monoisotopic (exact) mass is 442 g/mol. The minimum Gasteiger partial charge on any atom is -0.497 e. The van der Waals surface area contributed by atoms with Gasteiger partial charge < -0.3 is 24.7 Å².